The van der Waals surface area contributed by atoms with Crippen LogP contribution in [0.5, 0.6) is 0 Å². The maximum absolute atomic E-state index is 5.25. The summed E-state index contributed by atoms with van der Waals surface area (Å²) in [4.78, 5) is 8.76. The van der Waals surface area contributed by atoms with Gasteiger partial charge in [-0.15, -0.1) is 0 Å². The number of hydrogen-bond acceptors (Lipinski definition) is 3. The van der Waals surface area contributed by atoms with Gasteiger partial charge < -0.3 is 4.74 Å². The van der Waals surface area contributed by atoms with Crippen LogP contribution in [0.1, 0.15) is 24.9 Å². The second-order valence-corrected chi connectivity index (χ2v) is 3.28. The minimum atomic E-state index is 0.690. The second-order valence-electron chi connectivity index (χ2n) is 3.28. The third-order valence-corrected chi connectivity index (χ3v) is 2.33. The third-order valence-electron chi connectivity index (χ3n) is 2.33. The summed E-state index contributed by atoms with van der Waals surface area (Å²) in [7, 11) is 0. The monoisotopic (exact) mass is 190 g/mol. The van der Waals surface area contributed by atoms with Crippen LogP contribution in [0.4, 0.5) is 0 Å². The molecule has 0 unspecified atom stereocenters. The van der Waals surface area contributed by atoms with Crippen LogP contribution in [0.15, 0.2) is 18.3 Å². The van der Waals surface area contributed by atoms with Gasteiger partial charge in [0.2, 0.25) is 0 Å². The number of aromatic nitrogens is 2. The molecular weight excluding hydrogens is 176 g/mol. The highest BCUT2D eigenvalue weighted by Gasteiger charge is 2.08. The fourth-order valence-corrected chi connectivity index (χ4v) is 1.48. The first-order valence-corrected chi connectivity index (χ1v) is 4.99. The number of aryl methyl sites for hydroxylation is 1. The van der Waals surface area contributed by atoms with Crippen LogP contribution >= 0.6 is 0 Å². The molecule has 0 amide bonds. The lowest BCUT2D eigenvalue weighted by molar-refractivity contribution is 0.161. The van der Waals surface area contributed by atoms with E-state index in [1.807, 2.05) is 12.3 Å². The molecule has 3 heteroatoms. The van der Waals surface area contributed by atoms with Crippen LogP contribution in [0.25, 0.3) is 5.57 Å². The number of ether oxygens (including phenoxy) is 1. The minimum Gasteiger partial charge on any atom is -0.377 e. The molecule has 0 N–H and O–H groups in total. The summed E-state index contributed by atoms with van der Waals surface area (Å²) in [6.07, 6.45) is 5.78. The Morgan fingerprint density at radius 1 is 1.50 bits per heavy atom. The Kier molecular flexibility index (Phi) is 2.89. The molecule has 0 saturated carbocycles. The van der Waals surface area contributed by atoms with Crippen molar-refractivity contribution in [2.45, 2.75) is 19.8 Å². The summed E-state index contributed by atoms with van der Waals surface area (Å²) in [5.41, 5.74) is 2.31. The topological polar surface area (TPSA) is 35.0 Å². The molecule has 0 spiro atoms. The Morgan fingerprint density at radius 2 is 2.43 bits per heavy atom. The predicted molar refractivity (Wildman–Crippen MR) is 54.8 cm³/mol. The first kappa shape index (κ1) is 9.34. The normalized spacial score (nSPS) is 16.5. The highest BCUT2D eigenvalue weighted by atomic mass is 16.5. The van der Waals surface area contributed by atoms with Crippen LogP contribution < -0.4 is 0 Å². The van der Waals surface area contributed by atoms with Crippen molar-refractivity contribution in [3.05, 3.63) is 29.9 Å². The van der Waals surface area contributed by atoms with E-state index in [1.54, 1.807) is 0 Å². The highest BCUT2D eigenvalue weighted by molar-refractivity contribution is 5.60. The summed E-state index contributed by atoms with van der Waals surface area (Å²) in [6.45, 7) is 3.57. The molecule has 0 radical (unpaired) electrons. The fourth-order valence-electron chi connectivity index (χ4n) is 1.48. The van der Waals surface area contributed by atoms with Crippen molar-refractivity contribution in [3.63, 3.8) is 0 Å². The molecule has 0 atom stereocenters. The first-order chi connectivity index (χ1) is 6.90. The van der Waals surface area contributed by atoms with E-state index in [2.05, 4.69) is 23.0 Å². The SMILES string of the molecule is CCc1ccnc(C2=CCOCC2)n1. The summed E-state index contributed by atoms with van der Waals surface area (Å²) < 4.78 is 5.25. The zero-order valence-electron chi connectivity index (χ0n) is 8.36. The Labute approximate surface area is 83.8 Å². The fraction of sp³-hybridized carbons (Fsp3) is 0.455. The van der Waals surface area contributed by atoms with Gasteiger partial charge >= 0.3 is 0 Å². The molecule has 0 fully saturated rings. The van der Waals surface area contributed by atoms with Gasteiger partial charge in [0.15, 0.2) is 5.82 Å². The molecule has 0 saturated heterocycles. The first-order valence-electron chi connectivity index (χ1n) is 4.99. The van der Waals surface area contributed by atoms with Gasteiger partial charge in [-0.2, -0.15) is 0 Å². The van der Waals surface area contributed by atoms with Gasteiger partial charge in [-0.05, 0) is 24.5 Å². The van der Waals surface area contributed by atoms with E-state index in [1.165, 1.54) is 5.57 Å². The van der Waals surface area contributed by atoms with Gasteiger partial charge in [-0.1, -0.05) is 13.0 Å². The average Bonchev–Trinajstić information content (AvgIpc) is 2.30. The molecular formula is C11H14N2O. The van der Waals surface area contributed by atoms with Crippen LogP contribution in [-0.2, 0) is 11.2 Å². The third kappa shape index (κ3) is 1.99. The lowest BCUT2D eigenvalue weighted by Crippen LogP contribution is -2.06. The molecule has 14 heavy (non-hydrogen) atoms. The Hall–Kier alpha value is -1.22. The molecule has 0 bridgehead atoms. The molecule has 1 aliphatic heterocycles. The van der Waals surface area contributed by atoms with E-state index in [9.17, 15) is 0 Å². The minimum absolute atomic E-state index is 0.690. The van der Waals surface area contributed by atoms with E-state index < -0.39 is 0 Å². The Morgan fingerprint density at radius 3 is 3.14 bits per heavy atom. The van der Waals surface area contributed by atoms with Crippen LogP contribution in [0.2, 0.25) is 0 Å². The zero-order chi connectivity index (χ0) is 9.80. The van der Waals surface area contributed by atoms with Gasteiger partial charge in [0.05, 0.1) is 13.2 Å². The maximum atomic E-state index is 5.25. The molecule has 1 aliphatic rings. The van der Waals surface area contributed by atoms with Gasteiger partial charge in [-0.25, -0.2) is 9.97 Å². The molecule has 3 nitrogen and oxygen atoms in total. The molecule has 2 heterocycles. The standard InChI is InChI=1S/C11H14N2O/c1-2-10-3-6-12-11(13-10)9-4-7-14-8-5-9/h3-4,6H,2,5,7-8H2,1H3. The van der Waals surface area contributed by atoms with Crippen molar-refractivity contribution < 1.29 is 4.74 Å². The van der Waals surface area contributed by atoms with Gasteiger partial charge in [-0.3, -0.25) is 0 Å². The highest BCUT2D eigenvalue weighted by Crippen LogP contribution is 2.17. The predicted octanol–water partition coefficient (Wildman–Crippen LogP) is 1.84. The summed E-state index contributed by atoms with van der Waals surface area (Å²) >= 11 is 0. The maximum Gasteiger partial charge on any atom is 0.155 e. The second kappa shape index (κ2) is 4.33. The number of hydrogen-bond donors (Lipinski definition) is 0. The van der Waals surface area contributed by atoms with Gasteiger partial charge in [0, 0.05) is 11.9 Å². The van der Waals surface area contributed by atoms with Crippen molar-refractivity contribution in [2.24, 2.45) is 0 Å². The van der Waals surface area contributed by atoms with Gasteiger partial charge in [0.25, 0.3) is 0 Å². The molecule has 0 aromatic carbocycles. The van der Waals surface area contributed by atoms with E-state index in [-0.39, 0.29) is 0 Å². The summed E-state index contributed by atoms with van der Waals surface area (Å²) in [5, 5.41) is 0. The number of nitrogens with zero attached hydrogens (tertiary/aromatic N) is 2. The molecule has 1 aromatic rings. The Balaban J connectivity index is 2.26. The molecule has 74 valence electrons. The van der Waals surface area contributed by atoms with Gasteiger partial charge in [0.1, 0.15) is 0 Å². The smallest absolute Gasteiger partial charge is 0.155 e. The lowest BCUT2D eigenvalue weighted by atomic mass is 10.1. The summed E-state index contributed by atoms with van der Waals surface area (Å²) in [6, 6.07) is 1.96. The average molecular weight is 190 g/mol. The van der Waals surface area contributed by atoms with E-state index in [4.69, 9.17) is 4.74 Å². The molecule has 1 aromatic heterocycles. The largest absolute Gasteiger partial charge is 0.377 e. The van der Waals surface area contributed by atoms with Crippen molar-refractivity contribution >= 4 is 5.57 Å². The lowest BCUT2D eigenvalue weighted by Gasteiger charge is -2.12. The zero-order valence-corrected chi connectivity index (χ0v) is 8.36. The molecule has 0 aliphatic carbocycles. The van der Waals surface area contributed by atoms with Crippen molar-refractivity contribution in [3.8, 4) is 0 Å². The quantitative estimate of drug-likeness (QED) is 0.713. The Bertz CT molecular complexity index is 347. The summed E-state index contributed by atoms with van der Waals surface area (Å²) in [5.74, 6) is 0.868. The van der Waals surface area contributed by atoms with Crippen LogP contribution in [0, 0.1) is 0 Å². The van der Waals surface area contributed by atoms with E-state index >= 15 is 0 Å². The van der Waals surface area contributed by atoms with E-state index in [0.29, 0.717) is 6.61 Å². The molecule has 2 rings (SSSR count). The van der Waals surface area contributed by atoms with Crippen molar-refractivity contribution in [2.75, 3.05) is 13.2 Å². The van der Waals surface area contributed by atoms with Crippen LogP contribution in [0.3, 0.4) is 0 Å². The number of rotatable bonds is 2. The van der Waals surface area contributed by atoms with Crippen molar-refractivity contribution in [1.82, 2.24) is 9.97 Å². The van der Waals surface area contributed by atoms with Crippen LogP contribution in [-0.4, -0.2) is 23.2 Å². The van der Waals surface area contributed by atoms with E-state index in [0.717, 1.165) is 31.0 Å². The van der Waals surface area contributed by atoms with Crippen molar-refractivity contribution in [1.29, 1.82) is 0 Å².